The highest BCUT2D eigenvalue weighted by atomic mass is 32.1. The number of nitrogens with one attached hydrogen (secondary N) is 1. The SMILES string of the molecule is COCC1CN(c2cc(NC3CCC(F)(F)CC3)nc(-c3nc(C)cs3)n2)CCO1. The minimum absolute atomic E-state index is 0.0239. The fourth-order valence-corrected chi connectivity index (χ4v) is 4.56. The summed E-state index contributed by atoms with van der Waals surface area (Å²) in [5.41, 5.74) is 0.916. The molecule has 1 saturated heterocycles. The largest absolute Gasteiger partial charge is 0.382 e. The van der Waals surface area contributed by atoms with Crippen LogP contribution in [0.5, 0.6) is 0 Å². The van der Waals surface area contributed by atoms with E-state index in [-0.39, 0.29) is 25.0 Å². The lowest BCUT2D eigenvalue weighted by Gasteiger charge is -2.34. The lowest BCUT2D eigenvalue weighted by Crippen LogP contribution is -2.44. The number of nitrogens with zero attached hydrogens (tertiary/aromatic N) is 4. The Kier molecular flexibility index (Phi) is 6.45. The van der Waals surface area contributed by atoms with Gasteiger partial charge in [-0.05, 0) is 19.8 Å². The van der Waals surface area contributed by atoms with E-state index in [0.29, 0.717) is 50.8 Å². The van der Waals surface area contributed by atoms with E-state index in [1.54, 1.807) is 7.11 Å². The van der Waals surface area contributed by atoms with Crippen LogP contribution in [0.25, 0.3) is 10.8 Å². The number of morpholine rings is 1. The molecule has 164 valence electrons. The summed E-state index contributed by atoms with van der Waals surface area (Å²) in [7, 11) is 1.66. The molecule has 2 fully saturated rings. The van der Waals surface area contributed by atoms with Crippen LogP contribution in [0.3, 0.4) is 0 Å². The van der Waals surface area contributed by atoms with E-state index in [0.717, 1.165) is 16.5 Å². The van der Waals surface area contributed by atoms with Crippen molar-refractivity contribution in [1.29, 1.82) is 0 Å². The fourth-order valence-electron chi connectivity index (χ4n) is 3.83. The molecule has 1 atom stereocenters. The second kappa shape index (κ2) is 9.07. The first-order valence-electron chi connectivity index (χ1n) is 10.2. The van der Waals surface area contributed by atoms with Gasteiger partial charge in [0.25, 0.3) is 0 Å². The van der Waals surface area contributed by atoms with Crippen molar-refractivity contribution in [3.8, 4) is 10.8 Å². The molecule has 0 spiro atoms. The number of aryl methyl sites for hydroxylation is 1. The molecule has 0 amide bonds. The van der Waals surface area contributed by atoms with E-state index in [1.165, 1.54) is 11.3 Å². The average Bonchev–Trinajstić information content (AvgIpc) is 3.16. The van der Waals surface area contributed by atoms with Crippen molar-refractivity contribution in [2.45, 2.75) is 50.7 Å². The van der Waals surface area contributed by atoms with Crippen molar-refractivity contribution in [1.82, 2.24) is 15.0 Å². The summed E-state index contributed by atoms with van der Waals surface area (Å²) in [6.45, 7) is 4.41. The van der Waals surface area contributed by atoms with Crippen molar-refractivity contribution in [2.75, 3.05) is 43.6 Å². The van der Waals surface area contributed by atoms with Gasteiger partial charge in [-0.1, -0.05) is 0 Å². The Morgan fingerprint density at radius 1 is 1.30 bits per heavy atom. The van der Waals surface area contributed by atoms with Crippen LogP contribution in [0.4, 0.5) is 20.4 Å². The summed E-state index contributed by atoms with van der Waals surface area (Å²) in [5, 5.41) is 6.07. The van der Waals surface area contributed by atoms with Gasteiger partial charge in [0.15, 0.2) is 10.8 Å². The molecule has 7 nitrogen and oxygen atoms in total. The van der Waals surface area contributed by atoms with Crippen molar-refractivity contribution < 1.29 is 18.3 Å². The number of thiazole rings is 1. The highest BCUT2D eigenvalue weighted by Gasteiger charge is 2.35. The van der Waals surface area contributed by atoms with Crippen molar-refractivity contribution in [3.05, 3.63) is 17.1 Å². The molecule has 4 rings (SSSR count). The zero-order chi connectivity index (χ0) is 21.1. The van der Waals surface area contributed by atoms with Gasteiger partial charge in [-0.15, -0.1) is 11.3 Å². The van der Waals surface area contributed by atoms with Crippen molar-refractivity contribution >= 4 is 23.0 Å². The molecular formula is C20H27F2N5O2S. The minimum Gasteiger partial charge on any atom is -0.382 e. The maximum absolute atomic E-state index is 13.5. The third-order valence-corrected chi connectivity index (χ3v) is 6.36. The molecular weight excluding hydrogens is 412 g/mol. The normalized spacial score (nSPS) is 22.3. The van der Waals surface area contributed by atoms with Crippen molar-refractivity contribution in [2.24, 2.45) is 0 Å². The molecule has 1 aliphatic heterocycles. The Morgan fingerprint density at radius 3 is 2.80 bits per heavy atom. The monoisotopic (exact) mass is 439 g/mol. The highest BCUT2D eigenvalue weighted by molar-refractivity contribution is 7.13. The van der Waals surface area contributed by atoms with E-state index in [1.807, 2.05) is 18.4 Å². The summed E-state index contributed by atoms with van der Waals surface area (Å²) >= 11 is 1.49. The maximum atomic E-state index is 13.5. The lowest BCUT2D eigenvalue weighted by atomic mass is 9.92. The molecule has 30 heavy (non-hydrogen) atoms. The van der Waals surface area contributed by atoms with Crippen LogP contribution in [-0.2, 0) is 9.47 Å². The summed E-state index contributed by atoms with van der Waals surface area (Å²) in [6, 6.07) is 1.87. The fraction of sp³-hybridized carbons (Fsp3) is 0.650. The standard InChI is InChI=1S/C20H27F2N5O2S/c1-13-12-30-19(23-13)18-25-16(24-14-3-5-20(21,22)6-4-14)9-17(26-18)27-7-8-29-15(10-27)11-28-2/h9,12,14-15H,3-8,10-11H2,1-2H3,(H,24,25,26). The average molecular weight is 440 g/mol. The predicted octanol–water partition coefficient (Wildman–Crippen LogP) is 3.75. The molecule has 1 unspecified atom stereocenters. The zero-order valence-corrected chi connectivity index (χ0v) is 18.1. The van der Waals surface area contributed by atoms with E-state index in [4.69, 9.17) is 14.5 Å². The first-order valence-corrected chi connectivity index (χ1v) is 11.1. The minimum atomic E-state index is -2.55. The van der Waals surface area contributed by atoms with Crippen LogP contribution in [0.15, 0.2) is 11.4 Å². The van der Waals surface area contributed by atoms with Gasteiger partial charge in [0.2, 0.25) is 5.92 Å². The Hall–Kier alpha value is -1.91. The second-order valence-corrected chi connectivity index (χ2v) is 8.76. The Balaban J connectivity index is 1.58. The number of halogens is 2. The number of aromatic nitrogens is 3. The van der Waals surface area contributed by atoms with Crippen LogP contribution in [0.2, 0.25) is 0 Å². The topological polar surface area (TPSA) is 72.4 Å². The van der Waals surface area contributed by atoms with Gasteiger partial charge in [-0.25, -0.2) is 23.7 Å². The molecule has 0 radical (unpaired) electrons. The van der Waals surface area contributed by atoms with Crippen LogP contribution in [0, 0.1) is 6.92 Å². The molecule has 1 N–H and O–H groups in total. The summed E-state index contributed by atoms with van der Waals surface area (Å²) < 4.78 is 38.0. The van der Waals surface area contributed by atoms with E-state index in [2.05, 4.69) is 20.2 Å². The van der Waals surface area contributed by atoms with Gasteiger partial charge in [0.1, 0.15) is 11.6 Å². The Bertz CT molecular complexity index is 853. The number of hydrogen-bond donors (Lipinski definition) is 1. The number of hydrogen-bond acceptors (Lipinski definition) is 8. The van der Waals surface area contributed by atoms with Gasteiger partial charge in [-0.3, -0.25) is 0 Å². The molecule has 3 heterocycles. The third kappa shape index (κ3) is 5.22. The number of rotatable bonds is 6. The van der Waals surface area contributed by atoms with Gasteiger partial charge < -0.3 is 19.7 Å². The van der Waals surface area contributed by atoms with Gasteiger partial charge in [0, 0.05) is 56.2 Å². The first kappa shape index (κ1) is 21.3. The number of methoxy groups -OCH3 is 1. The number of anilines is 2. The smallest absolute Gasteiger partial charge is 0.248 e. The molecule has 2 aromatic rings. The first-order chi connectivity index (χ1) is 14.4. The summed E-state index contributed by atoms with van der Waals surface area (Å²) in [6.07, 6.45) is 0.630. The quantitative estimate of drug-likeness (QED) is 0.735. The molecule has 10 heteroatoms. The van der Waals surface area contributed by atoms with Crippen molar-refractivity contribution in [3.63, 3.8) is 0 Å². The zero-order valence-electron chi connectivity index (χ0n) is 17.2. The maximum Gasteiger partial charge on any atom is 0.248 e. The highest BCUT2D eigenvalue weighted by Crippen LogP contribution is 2.34. The third-order valence-electron chi connectivity index (χ3n) is 5.41. The number of alkyl halides is 2. The molecule has 1 aliphatic carbocycles. The molecule has 0 bridgehead atoms. The van der Waals surface area contributed by atoms with Gasteiger partial charge in [-0.2, -0.15) is 0 Å². The van der Waals surface area contributed by atoms with Crippen LogP contribution in [0.1, 0.15) is 31.4 Å². The molecule has 2 aromatic heterocycles. The summed E-state index contributed by atoms with van der Waals surface area (Å²) in [5.74, 6) is -0.583. The van der Waals surface area contributed by atoms with Crippen LogP contribution >= 0.6 is 11.3 Å². The summed E-state index contributed by atoms with van der Waals surface area (Å²) in [4.78, 5) is 16.1. The number of ether oxygens (including phenoxy) is 2. The van der Waals surface area contributed by atoms with Gasteiger partial charge >= 0.3 is 0 Å². The molecule has 2 aliphatic rings. The van der Waals surface area contributed by atoms with E-state index in [9.17, 15) is 8.78 Å². The lowest BCUT2D eigenvalue weighted by molar-refractivity contribution is -0.0361. The van der Waals surface area contributed by atoms with Crippen LogP contribution < -0.4 is 10.2 Å². The second-order valence-electron chi connectivity index (χ2n) is 7.90. The van der Waals surface area contributed by atoms with E-state index >= 15 is 0 Å². The van der Waals surface area contributed by atoms with Crippen LogP contribution in [-0.4, -0.2) is 66.4 Å². The molecule has 1 saturated carbocycles. The van der Waals surface area contributed by atoms with E-state index < -0.39 is 5.92 Å². The molecule has 0 aromatic carbocycles. The van der Waals surface area contributed by atoms with Gasteiger partial charge in [0.05, 0.1) is 19.3 Å². The predicted molar refractivity (Wildman–Crippen MR) is 113 cm³/mol. The Morgan fingerprint density at radius 2 is 2.10 bits per heavy atom. The Labute approximate surface area is 178 Å².